The summed E-state index contributed by atoms with van der Waals surface area (Å²) in [6.07, 6.45) is 3.22. The van der Waals surface area contributed by atoms with Gasteiger partial charge in [0.05, 0.1) is 0 Å². The highest BCUT2D eigenvalue weighted by atomic mass is 79.9. The van der Waals surface area contributed by atoms with E-state index in [2.05, 4.69) is 20.9 Å². The molecule has 3 nitrogen and oxygen atoms in total. The first-order valence-corrected chi connectivity index (χ1v) is 7.61. The lowest BCUT2D eigenvalue weighted by atomic mass is 9.86. The third kappa shape index (κ3) is 1.88. The van der Waals surface area contributed by atoms with Crippen LogP contribution in [0.25, 0.3) is 16.5 Å². The van der Waals surface area contributed by atoms with Gasteiger partial charge >= 0.3 is 0 Å². The molecule has 0 fully saturated rings. The van der Waals surface area contributed by atoms with Crippen molar-refractivity contribution in [1.82, 2.24) is 4.98 Å². The first-order chi connectivity index (χ1) is 10.6. The minimum atomic E-state index is -0.130. The maximum atomic E-state index is 12.7. The normalized spacial score (nSPS) is 14.1. The molecule has 0 unspecified atom stereocenters. The number of H-pyrrole nitrogens is 1. The number of Topliss-reactive ketones (excluding diaryl/α,β-unsaturated/α-hetero) is 1. The fraction of sp³-hybridized carbons (Fsp3) is 0. The van der Waals surface area contributed by atoms with Crippen molar-refractivity contribution in [3.05, 3.63) is 75.9 Å². The van der Waals surface area contributed by atoms with Crippen LogP contribution in [-0.4, -0.2) is 16.6 Å². The summed E-state index contributed by atoms with van der Waals surface area (Å²) >= 11 is 3.44. The fourth-order valence-electron chi connectivity index (χ4n) is 2.83. The standard InChI is InChI=1S/C18H10BrNO2/c19-10-5-6-16-13(7-10)15(9-20-16)14-8-17(21)11-3-1-2-4-12(11)18(14)22/h1-9,20H. The Balaban J connectivity index is 1.94. The average molecular weight is 352 g/mol. The first kappa shape index (κ1) is 13.2. The quantitative estimate of drug-likeness (QED) is 0.706. The van der Waals surface area contributed by atoms with E-state index in [1.165, 1.54) is 6.08 Å². The van der Waals surface area contributed by atoms with Gasteiger partial charge in [-0.25, -0.2) is 0 Å². The Hall–Kier alpha value is -2.46. The van der Waals surface area contributed by atoms with Gasteiger partial charge in [-0.3, -0.25) is 9.59 Å². The van der Waals surface area contributed by atoms with E-state index in [-0.39, 0.29) is 11.6 Å². The molecule has 4 heteroatoms. The summed E-state index contributed by atoms with van der Waals surface area (Å²) in [5.74, 6) is -0.245. The van der Waals surface area contributed by atoms with Gasteiger partial charge in [-0.05, 0) is 24.3 Å². The van der Waals surface area contributed by atoms with Crippen LogP contribution in [0.4, 0.5) is 0 Å². The van der Waals surface area contributed by atoms with E-state index >= 15 is 0 Å². The molecule has 1 aromatic heterocycles. The minimum Gasteiger partial charge on any atom is -0.361 e. The predicted octanol–water partition coefficient (Wildman–Crippen LogP) is 4.39. The van der Waals surface area contributed by atoms with Crippen molar-refractivity contribution in [3.63, 3.8) is 0 Å². The zero-order valence-corrected chi connectivity index (χ0v) is 13.0. The molecule has 4 rings (SSSR count). The van der Waals surface area contributed by atoms with Gasteiger partial charge in [0.2, 0.25) is 0 Å². The van der Waals surface area contributed by atoms with Crippen LogP contribution in [0.3, 0.4) is 0 Å². The van der Waals surface area contributed by atoms with Crippen molar-refractivity contribution < 1.29 is 9.59 Å². The smallest absolute Gasteiger partial charge is 0.194 e. The topological polar surface area (TPSA) is 49.9 Å². The molecule has 3 aromatic rings. The molecule has 0 atom stereocenters. The van der Waals surface area contributed by atoms with Gasteiger partial charge in [0.25, 0.3) is 0 Å². The first-order valence-electron chi connectivity index (χ1n) is 6.82. The summed E-state index contributed by atoms with van der Waals surface area (Å²) in [6.45, 7) is 0. The van der Waals surface area contributed by atoms with Crippen LogP contribution < -0.4 is 0 Å². The largest absolute Gasteiger partial charge is 0.361 e. The Labute approximate surface area is 134 Å². The number of allylic oxidation sites excluding steroid dienone is 2. The van der Waals surface area contributed by atoms with Gasteiger partial charge in [-0.2, -0.15) is 0 Å². The summed E-state index contributed by atoms with van der Waals surface area (Å²) < 4.78 is 0.927. The number of rotatable bonds is 1. The van der Waals surface area contributed by atoms with Crippen molar-refractivity contribution in [2.45, 2.75) is 0 Å². The van der Waals surface area contributed by atoms with E-state index in [1.807, 2.05) is 18.2 Å². The second-order valence-corrected chi connectivity index (χ2v) is 6.10. The molecular weight excluding hydrogens is 342 g/mol. The number of benzene rings is 2. The van der Waals surface area contributed by atoms with Gasteiger partial charge in [0.1, 0.15) is 0 Å². The van der Waals surface area contributed by atoms with Crippen LogP contribution in [0.5, 0.6) is 0 Å². The van der Waals surface area contributed by atoms with E-state index in [9.17, 15) is 9.59 Å². The molecule has 106 valence electrons. The molecule has 1 aliphatic rings. The van der Waals surface area contributed by atoms with Crippen molar-refractivity contribution in [1.29, 1.82) is 0 Å². The Kier molecular flexibility index (Phi) is 2.87. The molecule has 22 heavy (non-hydrogen) atoms. The van der Waals surface area contributed by atoms with Crippen LogP contribution in [0.1, 0.15) is 26.3 Å². The summed E-state index contributed by atoms with van der Waals surface area (Å²) in [7, 11) is 0. The number of hydrogen-bond acceptors (Lipinski definition) is 2. The molecule has 0 saturated heterocycles. The summed E-state index contributed by atoms with van der Waals surface area (Å²) in [6, 6.07) is 12.7. The number of nitrogens with one attached hydrogen (secondary N) is 1. The highest BCUT2D eigenvalue weighted by Crippen LogP contribution is 2.33. The highest BCUT2D eigenvalue weighted by Gasteiger charge is 2.27. The minimum absolute atomic E-state index is 0.115. The van der Waals surface area contributed by atoms with Gasteiger partial charge in [0.15, 0.2) is 11.6 Å². The number of halogens is 1. The lowest BCUT2D eigenvalue weighted by Gasteiger charge is -2.14. The molecule has 2 aromatic carbocycles. The Morgan fingerprint density at radius 3 is 2.50 bits per heavy atom. The number of carbonyl (C=O) groups is 2. The molecule has 1 heterocycles. The average Bonchev–Trinajstić information content (AvgIpc) is 2.94. The van der Waals surface area contributed by atoms with Crippen molar-refractivity contribution in [3.8, 4) is 0 Å². The summed E-state index contributed by atoms with van der Waals surface area (Å²) in [4.78, 5) is 28.2. The van der Waals surface area contributed by atoms with E-state index in [0.717, 1.165) is 20.9 Å². The van der Waals surface area contributed by atoms with Crippen LogP contribution >= 0.6 is 15.9 Å². The zero-order chi connectivity index (χ0) is 15.3. The Morgan fingerprint density at radius 2 is 1.68 bits per heavy atom. The molecule has 0 radical (unpaired) electrons. The number of fused-ring (bicyclic) bond motifs is 2. The van der Waals surface area contributed by atoms with Crippen LogP contribution in [0.2, 0.25) is 0 Å². The monoisotopic (exact) mass is 351 g/mol. The number of ketones is 2. The number of carbonyl (C=O) groups excluding carboxylic acids is 2. The molecule has 0 spiro atoms. The molecule has 1 N–H and O–H groups in total. The molecule has 0 bridgehead atoms. The second kappa shape index (κ2) is 4.78. The van der Waals surface area contributed by atoms with Crippen LogP contribution in [0, 0.1) is 0 Å². The van der Waals surface area contributed by atoms with Gasteiger partial charge in [-0.1, -0.05) is 40.2 Å². The summed E-state index contributed by atoms with van der Waals surface area (Å²) in [5.41, 5.74) is 3.06. The van der Waals surface area contributed by atoms with E-state index in [0.29, 0.717) is 16.7 Å². The Morgan fingerprint density at radius 1 is 0.909 bits per heavy atom. The van der Waals surface area contributed by atoms with Crippen molar-refractivity contribution in [2.24, 2.45) is 0 Å². The second-order valence-electron chi connectivity index (χ2n) is 5.19. The zero-order valence-electron chi connectivity index (χ0n) is 11.4. The molecule has 1 aliphatic carbocycles. The van der Waals surface area contributed by atoms with Gasteiger partial charge in [-0.15, -0.1) is 0 Å². The fourth-order valence-corrected chi connectivity index (χ4v) is 3.19. The molecule has 0 aliphatic heterocycles. The summed E-state index contributed by atoms with van der Waals surface area (Å²) in [5, 5.41) is 0.918. The van der Waals surface area contributed by atoms with Crippen molar-refractivity contribution in [2.75, 3.05) is 0 Å². The van der Waals surface area contributed by atoms with Crippen molar-refractivity contribution >= 4 is 44.0 Å². The third-order valence-electron chi connectivity index (χ3n) is 3.89. The van der Waals surface area contributed by atoms with E-state index in [1.54, 1.807) is 30.5 Å². The highest BCUT2D eigenvalue weighted by molar-refractivity contribution is 9.10. The maximum absolute atomic E-state index is 12.7. The molecular formula is C18H10BrNO2. The lowest BCUT2D eigenvalue weighted by molar-refractivity contribution is 0.100. The predicted molar refractivity (Wildman–Crippen MR) is 89.1 cm³/mol. The van der Waals surface area contributed by atoms with Crippen LogP contribution in [-0.2, 0) is 0 Å². The molecule has 0 amide bonds. The number of hydrogen-bond donors (Lipinski definition) is 1. The SMILES string of the molecule is O=C1C=C(c2c[nH]c3ccc(Br)cc23)C(=O)c2ccccc21. The van der Waals surface area contributed by atoms with Gasteiger partial charge in [0, 0.05) is 43.8 Å². The number of aromatic nitrogens is 1. The Bertz CT molecular complexity index is 982. The van der Waals surface area contributed by atoms with E-state index in [4.69, 9.17) is 0 Å². The lowest BCUT2D eigenvalue weighted by Crippen LogP contribution is -2.15. The third-order valence-corrected chi connectivity index (χ3v) is 4.38. The maximum Gasteiger partial charge on any atom is 0.194 e. The molecule has 0 saturated carbocycles. The van der Waals surface area contributed by atoms with Crippen LogP contribution in [0.15, 0.2) is 59.2 Å². The van der Waals surface area contributed by atoms with E-state index < -0.39 is 0 Å². The van der Waals surface area contributed by atoms with Gasteiger partial charge < -0.3 is 4.98 Å². The number of aromatic amines is 1.